The Hall–Kier alpha value is -1.14. The number of aliphatic carboxylic acids is 2. The van der Waals surface area contributed by atoms with Gasteiger partial charge in [-0.1, -0.05) is 85.5 Å². The van der Waals surface area contributed by atoms with E-state index in [2.05, 4.69) is 25.3 Å². The van der Waals surface area contributed by atoms with Crippen LogP contribution in [0.3, 0.4) is 0 Å². The van der Waals surface area contributed by atoms with Gasteiger partial charge in [-0.15, -0.1) is 0 Å². The zero-order valence-corrected chi connectivity index (χ0v) is 20.1. The molecule has 0 spiro atoms. The molecule has 0 amide bonds. The summed E-state index contributed by atoms with van der Waals surface area (Å²) in [6.07, 6.45) is 17.6. The largest absolute Gasteiger partial charge is 0.550 e. The predicted octanol–water partition coefficient (Wildman–Crippen LogP) is 1.86. The molecule has 0 aliphatic heterocycles. The maximum absolute atomic E-state index is 9.49. The highest BCUT2D eigenvalue weighted by Crippen LogP contribution is 2.03. The molecule has 6 N–H and O–H groups in total. The fraction of sp³-hybridized carbons (Fsp3) is 0.913. The Labute approximate surface area is 180 Å². The number of hydrogen-bond acceptors (Lipinski definition) is 4. The van der Waals surface area contributed by atoms with Gasteiger partial charge in [0.2, 0.25) is 0 Å². The lowest BCUT2D eigenvalue weighted by molar-refractivity contribution is -0.368. The lowest BCUT2D eigenvalue weighted by atomic mass is 10.1. The van der Waals surface area contributed by atoms with E-state index in [1.54, 1.807) is 6.92 Å². The smallest absolute Gasteiger partial charge is 0.0739 e. The molecule has 6 heteroatoms. The van der Waals surface area contributed by atoms with Gasteiger partial charge in [0.15, 0.2) is 0 Å². The molecule has 0 fully saturated rings. The highest BCUT2D eigenvalue weighted by molar-refractivity contribution is 5.64. The van der Waals surface area contributed by atoms with Crippen molar-refractivity contribution >= 4 is 11.9 Å². The molecule has 0 aromatic carbocycles. The van der Waals surface area contributed by atoms with Crippen LogP contribution < -0.4 is 21.7 Å². The number of rotatable bonds is 15. The zero-order valence-electron chi connectivity index (χ0n) is 20.1. The third kappa shape index (κ3) is 66.0. The molecule has 0 radical (unpaired) electrons. The zero-order chi connectivity index (χ0) is 23.2. The number of carboxylic acid groups (broad SMARTS) is 2. The molecule has 0 heterocycles. The summed E-state index contributed by atoms with van der Waals surface area (Å²) in [6.45, 7) is 10.1. The Bertz CT molecular complexity index is 275. The summed E-state index contributed by atoms with van der Waals surface area (Å²) < 4.78 is 0. The normalized spacial score (nSPS) is 9.17. The van der Waals surface area contributed by atoms with Crippen LogP contribution in [0.25, 0.3) is 0 Å². The van der Waals surface area contributed by atoms with Crippen LogP contribution in [0.1, 0.15) is 124 Å². The Morgan fingerprint density at radius 1 is 0.552 bits per heavy atom. The molecule has 0 rings (SSSR count). The molecular formula is C23H52N2O4. The van der Waals surface area contributed by atoms with Crippen LogP contribution in [0.2, 0.25) is 0 Å². The first-order chi connectivity index (χ1) is 13.9. The van der Waals surface area contributed by atoms with E-state index in [1.807, 2.05) is 0 Å². The maximum Gasteiger partial charge on any atom is 0.0739 e. The third-order valence-electron chi connectivity index (χ3n) is 3.95. The van der Waals surface area contributed by atoms with Gasteiger partial charge in [0, 0.05) is 11.9 Å². The summed E-state index contributed by atoms with van der Waals surface area (Å²) in [4.78, 5) is 18.7. The first kappa shape index (κ1) is 35.3. The van der Waals surface area contributed by atoms with E-state index in [0.717, 1.165) is 13.1 Å². The Morgan fingerprint density at radius 2 is 0.862 bits per heavy atom. The van der Waals surface area contributed by atoms with Gasteiger partial charge in [-0.25, -0.2) is 0 Å². The molecular weight excluding hydrogens is 368 g/mol. The average molecular weight is 421 g/mol. The Morgan fingerprint density at radius 3 is 1.03 bits per heavy atom. The minimum absolute atomic E-state index is 0.111. The summed E-state index contributed by atoms with van der Waals surface area (Å²) >= 11 is 0. The van der Waals surface area contributed by atoms with Crippen LogP contribution in [0.5, 0.6) is 0 Å². The highest BCUT2D eigenvalue weighted by Gasteiger charge is 1.87. The Kier molecular flexibility index (Phi) is 45.8. The molecule has 0 saturated carbocycles. The summed E-state index contributed by atoms with van der Waals surface area (Å²) in [5.74, 6) is -1.96. The van der Waals surface area contributed by atoms with Crippen LogP contribution in [-0.4, -0.2) is 25.0 Å². The molecule has 0 aliphatic carbocycles. The number of unbranched alkanes of at least 4 members (excludes halogenated alkanes) is 10. The van der Waals surface area contributed by atoms with Crippen LogP contribution in [0, 0.1) is 0 Å². The predicted molar refractivity (Wildman–Crippen MR) is 117 cm³/mol. The minimum atomic E-state index is -0.995. The van der Waals surface area contributed by atoms with E-state index in [0.29, 0.717) is 6.42 Å². The van der Waals surface area contributed by atoms with Gasteiger partial charge in [0.25, 0.3) is 0 Å². The lowest BCUT2D eigenvalue weighted by Gasteiger charge is -1.95. The molecule has 6 nitrogen and oxygen atoms in total. The standard InChI is InChI=1S/2C8H19N.C4H8O2.C3H6O2/c2*1-2-3-4-5-6-7-8-9;1-2-3-4(5)6;1-2-3(4)5/h2*2-9H2,1H3;2-3H2,1H3,(H,5,6);2H2,1H3,(H,4,5). The summed E-state index contributed by atoms with van der Waals surface area (Å²) in [7, 11) is 0. The number of carboxylic acids is 2. The molecule has 0 aromatic rings. The van der Waals surface area contributed by atoms with Crippen LogP contribution >= 0.6 is 0 Å². The van der Waals surface area contributed by atoms with Crippen LogP contribution in [0.15, 0.2) is 0 Å². The fourth-order valence-electron chi connectivity index (χ4n) is 2.12. The van der Waals surface area contributed by atoms with E-state index in [1.165, 1.54) is 84.0 Å². The first-order valence-corrected chi connectivity index (χ1v) is 11.9. The van der Waals surface area contributed by atoms with Crippen molar-refractivity contribution in [3.63, 3.8) is 0 Å². The number of hydrogen-bond donors (Lipinski definition) is 2. The fourth-order valence-corrected chi connectivity index (χ4v) is 2.12. The van der Waals surface area contributed by atoms with E-state index in [4.69, 9.17) is 0 Å². The van der Waals surface area contributed by atoms with Crippen molar-refractivity contribution in [3.8, 4) is 0 Å². The second kappa shape index (κ2) is 37.6. The number of carbonyl (C=O) groups excluding carboxylic acids is 2. The second-order valence-corrected chi connectivity index (χ2v) is 7.09. The van der Waals surface area contributed by atoms with Crippen molar-refractivity contribution in [2.24, 2.45) is 0 Å². The van der Waals surface area contributed by atoms with Gasteiger partial charge in [-0.2, -0.15) is 0 Å². The first-order valence-electron chi connectivity index (χ1n) is 11.9. The van der Waals surface area contributed by atoms with Crippen molar-refractivity contribution in [2.45, 2.75) is 124 Å². The SMILES string of the molecule is CCC(=O)[O-].CCCC(=O)[O-].CCCCCCCC[NH3+].CCCCCCCC[NH3+]. The van der Waals surface area contributed by atoms with Crippen molar-refractivity contribution in [2.75, 3.05) is 13.1 Å². The molecule has 0 saturated heterocycles. The van der Waals surface area contributed by atoms with Crippen LogP contribution in [-0.2, 0) is 9.59 Å². The monoisotopic (exact) mass is 420 g/mol. The molecule has 178 valence electrons. The van der Waals surface area contributed by atoms with Crippen molar-refractivity contribution in [3.05, 3.63) is 0 Å². The molecule has 0 bridgehead atoms. The van der Waals surface area contributed by atoms with Gasteiger partial charge in [0.05, 0.1) is 13.1 Å². The van der Waals surface area contributed by atoms with Gasteiger partial charge in [-0.05, 0) is 38.5 Å². The lowest BCUT2D eigenvalue weighted by Crippen LogP contribution is -2.50. The quantitative estimate of drug-likeness (QED) is 0.391. The van der Waals surface area contributed by atoms with Gasteiger partial charge >= 0.3 is 0 Å². The highest BCUT2D eigenvalue weighted by atomic mass is 16.4. The molecule has 0 unspecified atom stereocenters. The molecule has 0 aliphatic rings. The molecule has 0 atom stereocenters. The van der Waals surface area contributed by atoms with E-state index in [9.17, 15) is 19.8 Å². The van der Waals surface area contributed by atoms with Crippen LogP contribution in [0.4, 0.5) is 0 Å². The minimum Gasteiger partial charge on any atom is -0.550 e. The number of quaternary nitrogens is 2. The van der Waals surface area contributed by atoms with Crippen molar-refractivity contribution in [1.29, 1.82) is 0 Å². The third-order valence-corrected chi connectivity index (χ3v) is 3.95. The van der Waals surface area contributed by atoms with E-state index >= 15 is 0 Å². The summed E-state index contributed by atoms with van der Waals surface area (Å²) in [6, 6.07) is 0. The maximum atomic E-state index is 9.49. The van der Waals surface area contributed by atoms with Crippen molar-refractivity contribution in [1.82, 2.24) is 0 Å². The van der Waals surface area contributed by atoms with Gasteiger partial charge < -0.3 is 31.3 Å². The van der Waals surface area contributed by atoms with Gasteiger partial charge in [0.1, 0.15) is 0 Å². The molecule has 29 heavy (non-hydrogen) atoms. The summed E-state index contributed by atoms with van der Waals surface area (Å²) in [5, 5.41) is 18.7. The average Bonchev–Trinajstić information content (AvgIpc) is 2.69. The summed E-state index contributed by atoms with van der Waals surface area (Å²) in [5.41, 5.74) is 7.61. The second-order valence-electron chi connectivity index (χ2n) is 7.09. The van der Waals surface area contributed by atoms with E-state index < -0.39 is 11.9 Å². The van der Waals surface area contributed by atoms with Gasteiger partial charge in [-0.3, -0.25) is 0 Å². The topological polar surface area (TPSA) is 136 Å². The Balaban J connectivity index is -0.000000148. The number of carbonyl (C=O) groups is 2. The molecule has 0 aromatic heterocycles. The van der Waals surface area contributed by atoms with E-state index in [-0.39, 0.29) is 12.8 Å². The van der Waals surface area contributed by atoms with Crippen molar-refractivity contribution < 1.29 is 31.3 Å².